The third-order valence-electron chi connectivity index (χ3n) is 4.68. The number of hydrogen-bond donors (Lipinski definition) is 0. The maximum Gasteiger partial charge on any atom is 0.338 e. The Hall–Kier alpha value is -1.94. The van der Waals surface area contributed by atoms with Crippen LogP contribution >= 0.6 is 22.9 Å². The van der Waals surface area contributed by atoms with Crippen LogP contribution in [0.1, 0.15) is 27.7 Å². The molecule has 10 heteroatoms. The quantitative estimate of drug-likeness (QED) is 0.646. The highest BCUT2D eigenvalue weighted by Crippen LogP contribution is 2.26. The first kappa shape index (κ1) is 21.8. The first-order valence-corrected chi connectivity index (χ1v) is 11.6. The molecule has 1 amide bonds. The van der Waals surface area contributed by atoms with Crippen LogP contribution in [-0.2, 0) is 32.5 Å². The van der Waals surface area contributed by atoms with Gasteiger partial charge in [-0.25, -0.2) is 17.5 Å². The van der Waals surface area contributed by atoms with E-state index in [1.165, 1.54) is 38.0 Å². The molecular weight excluding hydrogens is 436 g/mol. The van der Waals surface area contributed by atoms with Gasteiger partial charge in [0.05, 0.1) is 10.6 Å². The van der Waals surface area contributed by atoms with E-state index in [9.17, 15) is 18.0 Å². The summed E-state index contributed by atoms with van der Waals surface area (Å²) < 4.78 is 31.1. The Morgan fingerprint density at radius 1 is 1.28 bits per heavy atom. The van der Waals surface area contributed by atoms with Crippen LogP contribution in [0, 0.1) is 0 Å². The molecule has 2 heterocycles. The predicted molar refractivity (Wildman–Crippen MR) is 111 cm³/mol. The zero-order chi connectivity index (χ0) is 21.3. The van der Waals surface area contributed by atoms with Crippen molar-refractivity contribution in [1.82, 2.24) is 9.21 Å². The maximum atomic E-state index is 12.7. The normalized spacial score (nSPS) is 15.1. The van der Waals surface area contributed by atoms with Gasteiger partial charge in [-0.3, -0.25) is 4.79 Å². The number of nitrogens with zero attached hydrogens (tertiary/aromatic N) is 2. The van der Waals surface area contributed by atoms with Gasteiger partial charge in [-0.2, -0.15) is 0 Å². The average Bonchev–Trinajstić information content (AvgIpc) is 3.15. The Bertz CT molecular complexity index is 1050. The van der Waals surface area contributed by atoms with Gasteiger partial charge in [-0.15, -0.1) is 11.3 Å². The molecule has 0 aliphatic carbocycles. The Balaban J connectivity index is 1.72. The lowest BCUT2D eigenvalue weighted by atomic mass is 10.1. The number of hydrogen-bond acceptors (Lipinski definition) is 6. The van der Waals surface area contributed by atoms with Crippen LogP contribution in [0.4, 0.5) is 0 Å². The molecule has 29 heavy (non-hydrogen) atoms. The Morgan fingerprint density at radius 3 is 2.69 bits per heavy atom. The zero-order valence-corrected chi connectivity index (χ0v) is 18.6. The summed E-state index contributed by atoms with van der Waals surface area (Å²) in [5.41, 5.74) is 1.12. The van der Waals surface area contributed by atoms with E-state index >= 15 is 0 Å². The molecule has 0 N–H and O–H groups in total. The van der Waals surface area contributed by atoms with Gasteiger partial charge in [0.2, 0.25) is 10.0 Å². The van der Waals surface area contributed by atoms with Crippen LogP contribution in [0.25, 0.3) is 0 Å². The number of halogens is 1. The largest absolute Gasteiger partial charge is 0.449 e. The standard InChI is InChI=1S/C19H21ClN2O5S2/c1-12(18(23)22-8-6-16-14(11-22)7-9-28-16)27-19(24)13-4-5-15(20)17(10-13)29(25,26)21(2)3/h4-5,7,9-10,12H,6,8,11H2,1-3H3. The van der Waals surface area contributed by atoms with Gasteiger partial charge in [0.15, 0.2) is 6.10 Å². The summed E-state index contributed by atoms with van der Waals surface area (Å²) in [6.45, 7) is 2.57. The van der Waals surface area contributed by atoms with Crippen molar-refractivity contribution in [2.45, 2.75) is 30.9 Å². The van der Waals surface area contributed by atoms with E-state index in [1.807, 2.05) is 11.4 Å². The molecule has 0 saturated carbocycles. The van der Waals surface area contributed by atoms with E-state index in [1.54, 1.807) is 16.2 Å². The fraction of sp³-hybridized carbons (Fsp3) is 0.368. The van der Waals surface area contributed by atoms with Crippen LogP contribution in [0.2, 0.25) is 5.02 Å². The van der Waals surface area contributed by atoms with Crippen molar-refractivity contribution in [3.8, 4) is 0 Å². The average molecular weight is 457 g/mol. The van der Waals surface area contributed by atoms with Gasteiger partial charge >= 0.3 is 5.97 Å². The van der Waals surface area contributed by atoms with Crippen LogP contribution in [0.5, 0.6) is 0 Å². The summed E-state index contributed by atoms with van der Waals surface area (Å²) in [6.07, 6.45) is -0.213. The van der Waals surface area contributed by atoms with Crippen molar-refractivity contribution < 1.29 is 22.7 Å². The van der Waals surface area contributed by atoms with Gasteiger partial charge in [-0.1, -0.05) is 11.6 Å². The van der Waals surface area contributed by atoms with Crippen LogP contribution in [-0.4, -0.2) is 56.2 Å². The van der Waals surface area contributed by atoms with Crippen molar-refractivity contribution in [3.05, 3.63) is 50.7 Å². The number of sulfonamides is 1. The molecule has 2 aromatic rings. The molecule has 0 radical (unpaired) electrons. The highest BCUT2D eigenvalue weighted by molar-refractivity contribution is 7.89. The van der Waals surface area contributed by atoms with E-state index in [2.05, 4.69) is 0 Å². The first-order chi connectivity index (χ1) is 13.6. The van der Waals surface area contributed by atoms with Gasteiger partial charge in [0.25, 0.3) is 5.91 Å². The van der Waals surface area contributed by atoms with E-state index in [0.29, 0.717) is 13.1 Å². The minimum absolute atomic E-state index is 0.000686. The molecule has 1 aliphatic rings. The van der Waals surface area contributed by atoms with Crippen LogP contribution < -0.4 is 0 Å². The summed E-state index contributed by atoms with van der Waals surface area (Å²) in [5.74, 6) is -1.07. The molecule has 3 rings (SSSR count). The summed E-state index contributed by atoms with van der Waals surface area (Å²) in [4.78, 5) is 28.0. The van der Waals surface area contributed by atoms with E-state index in [-0.39, 0.29) is 21.4 Å². The van der Waals surface area contributed by atoms with Gasteiger partial charge in [0, 0.05) is 32.1 Å². The van der Waals surface area contributed by atoms with E-state index < -0.39 is 22.1 Å². The Morgan fingerprint density at radius 2 is 2.00 bits per heavy atom. The second-order valence-electron chi connectivity index (χ2n) is 6.86. The van der Waals surface area contributed by atoms with Crippen molar-refractivity contribution >= 4 is 44.8 Å². The molecule has 7 nitrogen and oxygen atoms in total. The van der Waals surface area contributed by atoms with Crippen molar-refractivity contribution in [2.24, 2.45) is 0 Å². The molecular formula is C19H21ClN2O5S2. The third-order valence-corrected chi connectivity index (χ3v) is 8.00. The molecule has 1 aromatic heterocycles. The number of esters is 1. The number of benzene rings is 1. The van der Waals surface area contributed by atoms with Gasteiger partial charge < -0.3 is 9.64 Å². The third kappa shape index (κ3) is 4.48. The number of thiophene rings is 1. The molecule has 156 valence electrons. The van der Waals surface area contributed by atoms with Crippen molar-refractivity contribution in [1.29, 1.82) is 0 Å². The molecule has 1 atom stereocenters. The van der Waals surface area contributed by atoms with Crippen molar-refractivity contribution in [3.63, 3.8) is 0 Å². The number of rotatable bonds is 5. The second-order valence-corrected chi connectivity index (χ2v) is 10.4. The zero-order valence-electron chi connectivity index (χ0n) is 16.2. The number of carbonyl (C=O) groups excluding carboxylic acids is 2. The Labute approximate surface area is 178 Å². The topological polar surface area (TPSA) is 84.0 Å². The summed E-state index contributed by atoms with van der Waals surface area (Å²) in [5, 5.41) is 2.00. The first-order valence-electron chi connectivity index (χ1n) is 8.88. The minimum Gasteiger partial charge on any atom is -0.449 e. The van der Waals surface area contributed by atoms with Gasteiger partial charge in [-0.05, 0) is 48.6 Å². The Kier molecular flexibility index (Phi) is 6.33. The number of carbonyl (C=O) groups is 2. The smallest absolute Gasteiger partial charge is 0.338 e. The highest BCUT2D eigenvalue weighted by atomic mass is 35.5. The molecule has 1 aliphatic heterocycles. The summed E-state index contributed by atoms with van der Waals surface area (Å²) in [6, 6.07) is 5.85. The number of amides is 1. The number of ether oxygens (including phenoxy) is 1. The molecule has 1 aromatic carbocycles. The summed E-state index contributed by atoms with van der Waals surface area (Å²) in [7, 11) is -1.09. The molecule has 0 bridgehead atoms. The van der Waals surface area contributed by atoms with Crippen LogP contribution in [0.3, 0.4) is 0 Å². The fourth-order valence-electron chi connectivity index (χ4n) is 3.00. The van der Waals surface area contributed by atoms with E-state index in [4.69, 9.17) is 16.3 Å². The second kappa shape index (κ2) is 8.43. The predicted octanol–water partition coefficient (Wildman–Crippen LogP) is 2.78. The molecule has 0 fully saturated rings. The minimum atomic E-state index is -3.83. The lowest BCUT2D eigenvalue weighted by molar-refractivity contribution is -0.140. The summed E-state index contributed by atoms with van der Waals surface area (Å²) >= 11 is 7.68. The molecule has 0 spiro atoms. The molecule has 0 saturated heterocycles. The lowest BCUT2D eigenvalue weighted by Crippen LogP contribution is -2.42. The van der Waals surface area contributed by atoms with E-state index in [0.717, 1.165) is 22.4 Å². The lowest BCUT2D eigenvalue weighted by Gasteiger charge is -2.29. The fourth-order valence-corrected chi connectivity index (χ4v) is 5.28. The SMILES string of the molecule is CC(OC(=O)c1ccc(Cl)c(S(=O)(=O)N(C)C)c1)C(=O)N1CCc2sccc2C1. The van der Waals surface area contributed by atoms with Gasteiger partial charge in [0.1, 0.15) is 4.90 Å². The monoisotopic (exact) mass is 456 g/mol. The van der Waals surface area contributed by atoms with Crippen LogP contribution in [0.15, 0.2) is 34.5 Å². The van der Waals surface area contributed by atoms with Crippen molar-refractivity contribution in [2.75, 3.05) is 20.6 Å². The maximum absolute atomic E-state index is 12.7. The molecule has 1 unspecified atom stereocenters. The number of fused-ring (bicyclic) bond motifs is 1. The highest BCUT2D eigenvalue weighted by Gasteiger charge is 2.29.